The van der Waals surface area contributed by atoms with E-state index in [0.717, 1.165) is 11.5 Å². The number of aryl methyl sites for hydroxylation is 2. The quantitative estimate of drug-likeness (QED) is 0.759. The van der Waals surface area contributed by atoms with Gasteiger partial charge in [0, 0.05) is 5.41 Å². The van der Waals surface area contributed by atoms with Crippen molar-refractivity contribution in [1.29, 1.82) is 0 Å². The van der Waals surface area contributed by atoms with E-state index >= 15 is 0 Å². The monoisotopic (exact) mass is 284 g/mol. The van der Waals surface area contributed by atoms with E-state index in [1.54, 1.807) is 0 Å². The number of rotatable bonds is 6. The van der Waals surface area contributed by atoms with Crippen LogP contribution in [0.1, 0.15) is 25.0 Å². The van der Waals surface area contributed by atoms with Crippen molar-refractivity contribution in [3.8, 4) is 11.5 Å². The molecule has 0 amide bonds. The van der Waals surface area contributed by atoms with Crippen LogP contribution in [0.2, 0.25) is 0 Å². The van der Waals surface area contributed by atoms with Crippen molar-refractivity contribution in [2.45, 2.75) is 27.7 Å². The van der Waals surface area contributed by atoms with E-state index < -0.39 is 0 Å². The van der Waals surface area contributed by atoms with Gasteiger partial charge in [-0.3, -0.25) is 0 Å². The van der Waals surface area contributed by atoms with Crippen molar-refractivity contribution in [2.24, 2.45) is 5.41 Å². The normalized spacial score (nSPS) is 11.2. The van der Waals surface area contributed by atoms with Crippen LogP contribution >= 0.6 is 0 Å². The molecule has 2 heteroatoms. The highest BCUT2D eigenvalue weighted by Gasteiger charge is 2.20. The van der Waals surface area contributed by atoms with Crippen LogP contribution in [0, 0.1) is 19.3 Å². The molecule has 0 aliphatic rings. The van der Waals surface area contributed by atoms with Crippen molar-refractivity contribution >= 4 is 0 Å². The lowest BCUT2D eigenvalue weighted by atomic mass is 9.96. The topological polar surface area (TPSA) is 18.5 Å². The van der Waals surface area contributed by atoms with Gasteiger partial charge in [0.2, 0.25) is 0 Å². The number of hydrogen-bond donors (Lipinski definition) is 0. The molecule has 2 nitrogen and oxygen atoms in total. The summed E-state index contributed by atoms with van der Waals surface area (Å²) in [5.41, 5.74) is 2.43. The predicted molar refractivity (Wildman–Crippen MR) is 87.1 cm³/mol. The number of hydrogen-bond acceptors (Lipinski definition) is 2. The molecule has 112 valence electrons. The van der Waals surface area contributed by atoms with Crippen LogP contribution in [0.5, 0.6) is 11.5 Å². The minimum atomic E-state index is -0.0459. The summed E-state index contributed by atoms with van der Waals surface area (Å²) in [6.07, 6.45) is 0. The molecule has 0 N–H and O–H groups in total. The summed E-state index contributed by atoms with van der Waals surface area (Å²) >= 11 is 0. The van der Waals surface area contributed by atoms with Gasteiger partial charge in [0.15, 0.2) is 0 Å². The first-order valence-corrected chi connectivity index (χ1v) is 7.34. The van der Waals surface area contributed by atoms with Crippen molar-refractivity contribution in [3.05, 3.63) is 59.7 Å². The van der Waals surface area contributed by atoms with Crippen molar-refractivity contribution in [1.82, 2.24) is 0 Å². The number of benzene rings is 2. The second-order valence-electron chi connectivity index (χ2n) is 6.37. The molecule has 0 aromatic heterocycles. The Morgan fingerprint density at radius 1 is 0.667 bits per heavy atom. The van der Waals surface area contributed by atoms with Crippen LogP contribution in [0.4, 0.5) is 0 Å². The van der Waals surface area contributed by atoms with E-state index in [9.17, 15) is 0 Å². The Kier molecular flexibility index (Phi) is 4.89. The molecule has 21 heavy (non-hydrogen) atoms. The fourth-order valence-electron chi connectivity index (χ4n) is 1.87. The minimum Gasteiger partial charge on any atom is -0.493 e. The Labute approximate surface area is 127 Å². The molecule has 0 unspecified atom stereocenters. The van der Waals surface area contributed by atoms with Crippen molar-refractivity contribution < 1.29 is 9.47 Å². The second kappa shape index (κ2) is 6.66. The Balaban J connectivity index is 1.83. The molecule has 0 spiro atoms. The third-order valence-corrected chi connectivity index (χ3v) is 3.30. The summed E-state index contributed by atoms with van der Waals surface area (Å²) in [5, 5.41) is 0. The SMILES string of the molecule is Cc1ccc(OCC(C)(C)COc2ccc(C)cc2)cc1. The van der Waals surface area contributed by atoms with Crippen molar-refractivity contribution in [3.63, 3.8) is 0 Å². The summed E-state index contributed by atoms with van der Waals surface area (Å²) in [5.74, 6) is 1.81. The van der Waals surface area contributed by atoms with Crippen LogP contribution in [0.25, 0.3) is 0 Å². The van der Waals surface area contributed by atoms with Gasteiger partial charge in [-0.25, -0.2) is 0 Å². The van der Waals surface area contributed by atoms with E-state index in [4.69, 9.17) is 9.47 Å². The third kappa shape index (κ3) is 5.14. The van der Waals surface area contributed by atoms with E-state index in [-0.39, 0.29) is 5.41 Å². The maximum absolute atomic E-state index is 5.85. The molecule has 0 saturated heterocycles. The van der Waals surface area contributed by atoms with Crippen LogP contribution in [0.3, 0.4) is 0 Å². The lowest BCUT2D eigenvalue weighted by Crippen LogP contribution is -2.28. The van der Waals surface area contributed by atoms with E-state index in [0.29, 0.717) is 13.2 Å². The average molecular weight is 284 g/mol. The van der Waals surface area contributed by atoms with Gasteiger partial charge in [-0.1, -0.05) is 49.2 Å². The number of ether oxygens (including phenoxy) is 2. The van der Waals surface area contributed by atoms with E-state index in [1.165, 1.54) is 11.1 Å². The summed E-state index contributed by atoms with van der Waals surface area (Å²) in [7, 11) is 0. The van der Waals surface area contributed by atoms with Crippen LogP contribution in [-0.4, -0.2) is 13.2 Å². The molecule has 0 bridgehead atoms. The Hall–Kier alpha value is -1.96. The van der Waals surface area contributed by atoms with Crippen LogP contribution in [-0.2, 0) is 0 Å². The van der Waals surface area contributed by atoms with Crippen LogP contribution < -0.4 is 9.47 Å². The fourth-order valence-corrected chi connectivity index (χ4v) is 1.87. The Morgan fingerprint density at radius 2 is 1.00 bits per heavy atom. The highest BCUT2D eigenvalue weighted by atomic mass is 16.5. The molecule has 0 saturated carbocycles. The van der Waals surface area contributed by atoms with Gasteiger partial charge in [-0.05, 0) is 38.1 Å². The Morgan fingerprint density at radius 3 is 1.33 bits per heavy atom. The standard InChI is InChI=1S/C19H24O2/c1-15-5-9-17(10-6-15)20-13-19(3,4)14-21-18-11-7-16(2)8-12-18/h5-12H,13-14H2,1-4H3. The largest absolute Gasteiger partial charge is 0.493 e. The maximum atomic E-state index is 5.85. The van der Waals surface area contributed by atoms with E-state index in [2.05, 4.69) is 52.0 Å². The summed E-state index contributed by atoms with van der Waals surface area (Å²) < 4.78 is 11.7. The molecule has 2 aromatic rings. The zero-order valence-corrected chi connectivity index (χ0v) is 13.3. The van der Waals surface area contributed by atoms with Crippen LogP contribution in [0.15, 0.2) is 48.5 Å². The molecule has 0 aliphatic carbocycles. The van der Waals surface area contributed by atoms with Gasteiger partial charge >= 0.3 is 0 Å². The fraction of sp³-hybridized carbons (Fsp3) is 0.368. The minimum absolute atomic E-state index is 0.0459. The maximum Gasteiger partial charge on any atom is 0.119 e. The molecule has 0 aliphatic heterocycles. The predicted octanol–water partition coefficient (Wildman–Crippen LogP) is 4.79. The molecule has 2 rings (SSSR count). The van der Waals surface area contributed by atoms with Gasteiger partial charge in [0.25, 0.3) is 0 Å². The van der Waals surface area contributed by atoms with Gasteiger partial charge in [-0.2, -0.15) is 0 Å². The first-order chi connectivity index (χ1) is 9.94. The molecule has 0 atom stereocenters. The summed E-state index contributed by atoms with van der Waals surface area (Å²) in [6, 6.07) is 16.3. The van der Waals surface area contributed by atoms with Gasteiger partial charge in [0.05, 0.1) is 13.2 Å². The smallest absolute Gasteiger partial charge is 0.119 e. The molecule has 0 radical (unpaired) electrons. The highest BCUT2D eigenvalue weighted by molar-refractivity contribution is 5.27. The van der Waals surface area contributed by atoms with E-state index in [1.807, 2.05) is 24.3 Å². The first-order valence-electron chi connectivity index (χ1n) is 7.34. The zero-order chi connectivity index (χ0) is 15.3. The summed E-state index contributed by atoms with van der Waals surface area (Å²) in [4.78, 5) is 0. The third-order valence-electron chi connectivity index (χ3n) is 3.30. The highest BCUT2D eigenvalue weighted by Crippen LogP contribution is 2.21. The molecule has 0 heterocycles. The molecule has 0 fully saturated rings. The lowest BCUT2D eigenvalue weighted by Gasteiger charge is -2.25. The van der Waals surface area contributed by atoms with Gasteiger partial charge in [0.1, 0.15) is 11.5 Å². The van der Waals surface area contributed by atoms with Gasteiger partial charge < -0.3 is 9.47 Å². The Bertz CT molecular complexity index is 502. The molecule has 2 aromatic carbocycles. The first kappa shape index (κ1) is 15.4. The lowest BCUT2D eigenvalue weighted by molar-refractivity contribution is 0.110. The molecular weight excluding hydrogens is 260 g/mol. The average Bonchev–Trinajstić information content (AvgIpc) is 2.46. The molecular formula is C19H24O2. The zero-order valence-electron chi connectivity index (χ0n) is 13.3. The van der Waals surface area contributed by atoms with Crippen molar-refractivity contribution in [2.75, 3.05) is 13.2 Å². The summed E-state index contributed by atoms with van der Waals surface area (Å²) in [6.45, 7) is 9.70. The second-order valence-corrected chi connectivity index (χ2v) is 6.37. The van der Waals surface area contributed by atoms with Gasteiger partial charge in [-0.15, -0.1) is 0 Å².